The molecule has 1 fully saturated rings. The van der Waals surface area contributed by atoms with E-state index in [9.17, 15) is 4.79 Å². The molecular weight excluding hydrogens is 316 g/mol. The van der Waals surface area contributed by atoms with Crippen LogP contribution in [0, 0.1) is 12.8 Å². The van der Waals surface area contributed by atoms with Crippen LogP contribution in [-0.4, -0.2) is 37.5 Å². The lowest BCUT2D eigenvalue weighted by atomic mass is 10.00. The lowest BCUT2D eigenvalue weighted by Crippen LogP contribution is -2.50. The first-order chi connectivity index (χ1) is 12.2. The fourth-order valence-corrected chi connectivity index (χ4v) is 3.95. The highest BCUT2D eigenvalue weighted by molar-refractivity contribution is 5.69. The number of hydrogen-bond donors (Lipinski definition) is 0. The molecule has 0 atom stereocenters. The molecule has 25 heavy (non-hydrogen) atoms. The summed E-state index contributed by atoms with van der Waals surface area (Å²) >= 11 is 0. The second kappa shape index (κ2) is 5.40. The van der Waals surface area contributed by atoms with Crippen molar-refractivity contribution in [2.24, 2.45) is 5.92 Å². The summed E-state index contributed by atoms with van der Waals surface area (Å²) in [5.74, 6) is 1.39. The Hall–Kier alpha value is -2.70. The maximum atomic E-state index is 12.2. The molecule has 3 aromatic heterocycles. The molecule has 7 heteroatoms. The molecule has 0 amide bonds. The van der Waals surface area contributed by atoms with Gasteiger partial charge in [0.2, 0.25) is 0 Å². The van der Waals surface area contributed by atoms with E-state index in [0.717, 1.165) is 60.6 Å². The van der Waals surface area contributed by atoms with Gasteiger partial charge < -0.3 is 4.90 Å². The Balaban J connectivity index is 1.33. The molecular formula is C18H20N6O. The minimum absolute atomic E-state index is 0.0331. The van der Waals surface area contributed by atoms with Gasteiger partial charge in [-0.15, -0.1) is 0 Å². The van der Waals surface area contributed by atoms with Crippen molar-refractivity contribution in [3.05, 3.63) is 51.8 Å². The topological polar surface area (TPSA) is 68.3 Å². The van der Waals surface area contributed by atoms with Crippen molar-refractivity contribution in [3.63, 3.8) is 0 Å². The van der Waals surface area contributed by atoms with E-state index in [1.807, 2.05) is 17.6 Å². The molecule has 7 nitrogen and oxygen atoms in total. The standard InChI is InChI=1S/C18H20N6O/c1-12-7-16-18(19-5-6-23(16)20-12)22-9-13(10-22)11-24-17(25)8-14-3-2-4-15(14)21-24/h5-8,13H,2-4,9-11H2,1H3. The van der Waals surface area contributed by atoms with Crippen LogP contribution in [-0.2, 0) is 19.4 Å². The van der Waals surface area contributed by atoms with Gasteiger partial charge in [0.05, 0.1) is 17.9 Å². The highest BCUT2D eigenvalue weighted by Crippen LogP contribution is 2.27. The fourth-order valence-electron chi connectivity index (χ4n) is 3.95. The van der Waals surface area contributed by atoms with Crippen LogP contribution in [0.2, 0.25) is 0 Å². The van der Waals surface area contributed by atoms with Gasteiger partial charge in [0.15, 0.2) is 5.82 Å². The van der Waals surface area contributed by atoms with Crippen LogP contribution in [0.1, 0.15) is 23.4 Å². The number of anilines is 1. The van der Waals surface area contributed by atoms with Crippen LogP contribution < -0.4 is 10.5 Å². The van der Waals surface area contributed by atoms with E-state index < -0.39 is 0 Å². The van der Waals surface area contributed by atoms with Crippen LogP contribution in [0.4, 0.5) is 5.82 Å². The predicted octanol–water partition coefficient (Wildman–Crippen LogP) is 1.22. The summed E-state index contributed by atoms with van der Waals surface area (Å²) < 4.78 is 3.53. The van der Waals surface area contributed by atoms with Gasteiger partial charge in [-0.1, -0.05) is 0 Å². The first-order valence-corrected chi connectivity index (χ1v) is 8.83. The van der Waals surface area contributed by atoms with Crippen molar-refractivity contribution < 1.29 is 0 Å². The SMILES string of the molecule is Cc1cc2c(N3CC(Cn4nc5c(cc4=O)CCC5)C3)nccn2n1. The summed E-state index contributed by atoms with van der Waals surface area (Å²) in [6.07, 6.45) is 6.77. The van der Waals surface area contributed by atoms with Crippen molar-refractivity contribution in [2.45, 2.75) is 32.7 Å². The molecule has 3 aromatic rings. The summed E-state index contributed by atoms with van der Waals surface area (Å²) in [6.45, 7) is 4.45. The number of rotatable bonds is 3. The fraction of sp³-hybridized carbons (Fsp3) is 0.444. The second-order valence-electron chi connectivity index (χ2n) is 7.13. The normalized spacial score (nSPS) is 17.1. The molecule has 0 unspecified atom stereocenters. The van der Waals surface area contributed by atoms with Crippen molar-refractivity contribution >= 4 is 11.3 Å². The molecule has 2 aliphatic rings. The molecule has 0 N–H and O–H groups in total. The van der Waals surface area contributed by atoms with Crippen LogP contribution in [0.3, 0.4) is 0 Å². The van der Waals surface area contributed by atoms with Crippen LogP contribution in [0.25, 0.3) is 5.52 Å². The minimum atomic E-state index is 0.0331. The Bertz CT molecular complexity index is 1010. The number of nitrogens with zero attached hydrogens (tertiary/aromatic N) is 6. The monoisotopic (exact) mass is 336 g/mol. The van der Waals surface area contributed by atoms with E-state index in [-0.39, 0.29) is 5.56 Å². The van der Waals surface area contributed by atoms with E-state index in [1.165, 1.54) is 0 Å². The molecule has 0 saturated carbocycles. The zero-order valence-corrected chi connectivity index (χ0v) is 14.2. The average Bonchev–Trinajstić information content (AvgIpc) is 3.15. The van der Waals surface area contributed by atoms with Gasteiger partial charge in [0, 0.05) is 37.5 Å². The molecule has 0 radical (unpaired) electrons. The number of aromatic nitrogens is 5. The third-order valence-corrected chi connectivity index (χ3v) is 5.20. The predicted molar refractivity (Wildman–Crippen MR) is 93.9 cm³/mol. The average molecular weight is 336 g/mol. The van der Waals surface area contributed by atoms with E-state index in [0.29, 0.717) is 12.5 Å². The second-order valence-corrected chi connectivity index (χ2v) is 7.13. The number of aryl methyl sites for hydroxylation is 3. The van der Waals surface area contributed by atoms with E-state index >= 15 is 0 Å². The Morgan fingerprint density at radius 3 is 2.96 bits per heavy atom. The van der Waals surface area contributed by atoms with Gasteiger partial charge in [-0.25, -0.2) is 14.2 Å². The highest BCUT2D eigenvalue weighted by atomic mass is 16.1. The number of hydrogen-bond acceptors (Lipinski definition) is 5. The van der Waals surface area contributed by atoms with E-state index in [2.05, 4.69) is 26.1 Å². The molecule has 1 saturated heterocycles. The van der Waals surface area contributed by atoms with Gasteiger partial charge >= 0.3 is 0 Å². The first-order valence-electron chi connectivity index (χ1n) is 8.83. The lowest BCUT2D eigenvalue weighted by Gasteiger charge is -2.40. The van der Waals surface area contributed by atoms with Crippen LogP contribution in [0.5, 0.6) is 0 Å². The minimum Gasteiger partial charge on any atom is -0.354 e. The third kappa shape index (κ3) is 2.42. The summed E-state index contributed by atoms with van der Waals surface area (Å²) in [7, 11) is 0. The molecule has 5 rings (SSSR count). The molecule has 0 spiro atoms. The van der Waals surface area contributed by atoms with Gasteiger partial charge in [0.1, 0.15) is 5.52 Å². The molecule has 1 aliphatic carbocycles. The first kappa shape index (κ1) is 14.6. The maximum absolute atomic E-state index is 12.2. The maximum Gasteiger partial charge on any atom is 0.267 e. The molecule has 0 aromatic carbocycles. The summed E-state index contributed by atoms with van der Waals surface area (Å²) in [5.41, 5.74) is 4.30. The van der Waals surface area contributed by atoms with Crippen molar-refractivity contribution in [1.29, 1.82) is 0 Å². The van der Waals surface area contributed by atoms with Gasteiger partial charge in [-0.05, 0) is 37.8 Å². The molecule has 128 valence electrons. The summed E-state index contributed by atoms with van der Waals surface area (Å²) in [5, 5.41) is 9.02. The van der Waals surface area contributed by atoms with Crippen LogP contribution >= 0.6 is 0 Å². The van der Waals surface area contributed by atoms with Gasteiger partial charge in [-0.2, -0.15) is 10.2 Å². The third-order valence-electron chi connectivity index (χ3n) is 5.20. The van der Waals surface area contributed by atoms with Crippen molar-refractivity contribution in [3.8, 4) is 0 Å². The summed E-state index contributed by atoms with van der Waals surface area (Å²) in [4.78, 5) is 19.0. The molecule has 4 heterocycles. The van der Waals surface area contributed by atoms with E-state index in [4.69, 9.17) is 0 Å². The van der Waals surface area contributed by atoms with Crippen molar-refractivity contribution in [1.82, 2.24) is 24.4 Å². The van der Waals surface area contributed by atoms with Crippen molar-refractivity contribution in [2.75, 3.05) is 18.0 Å². The Kier molecular flexibility index (Phi) is 3.16. The zero-order chi connectivity index (χ0) is 17.0. The van der Waals surface area contributed by atoms with Crippen LogP contribution in [0.15, 0.2) is 29.3 Å². The van der Waals surface area contributed by atoms with Gasteiger partial charge in [0.25, 0.3) is 5.56 Å². The largest absolute Gasteiger partial charge is 0.354 e. The zero-order valence-electron chi connectivity index (χ0n) is 14.2. The highest BCUT2D eigenvalue weighted by Gasteiger charge is 2.30. The number of fused-ring (bicyclic) bond motifs is 2. The van der Waals surface area contributed by atoms with Gasteiger partial charge in [-0.3, -0.25) is 4.79 Å². The Morgan fingerprint density at radius 1 is 1.20 bits per heavy atom. The quantitative estimate of drug-likeness (QED) is 0.719. The molecule has 0 bridgehead atoms. The smallest absolute Gasteiger partial charge is 0.267 e. The molecule has 1 aliphatic heterocycles. The Labute approximate surface area is 144 Å². The summed E-state index contributed by atoms with van der Waals surface area (Å²) in [6, 6.07) is 3.84. The lowest BCUT2D eigenvalue weighted by molar-refractivity contribution is 0.332. The Morgan fingerprint density at radius 2 is 2.08 bits per heavy atom. The van der Waals surface area contributed by atoms with E-state index in [1.54, 1.807) is 16.9 Å².